The van der Waals surface area contributed by atoms with E-state index in [2.05, 4.69) is 17.2 Å². The van der Waals surface area contributed by atoms with Crippen molar-refractivity contribution in [3.8, 4) is 0 Å². The molecule has 216 valence electrons. The lowest BCUT2D eigenvalue weighted by Gasteiger charge is -2.24. The van der Waals surface area contributed by atoms with Crippen LogP contribution in [0.1, 0.15) is 22.9 Å². The van der Waals surface area contributed by atoms with Gasteiger partial charge in [-0.1, -0.05) is 61.2 Å². The highest BCUT2D eigenvalue weighted by molar-refractivity contribution is 7.87. The number of nitrogens with zero attached hydrogens (tertiary/aromatic N) is 1. The van der Waals surface area contributed by atoms with Gasteiger partial charge in [-0.25, -0.2) is 4.79 Å². The number of ether oxygens (including phenoxy) is 1. The molecule has 1 heterocycles. The van der Waals surface area contributed by atoms with Gasteiger partial charge in [0.25, 0.3) is 0 Å². The smallest absolute Gasteiger partial charge is 0.407 e. The van der Waals surface area contributed by atoms with Crippen molar-refractivity contribution in [2.45, 2.75) is 31.8 Å². The lowest BCUT2D eigenvalue weighted by Crippen LogP contribution is -2.52. The number of anilines is 1. The Morgan fingerprint density at radius 2 is 1.66 bits per heavy atom. The summed E-state index contributed by atoms with van der Waals surface area (Å²) < 4.78 is 38.1. The summed E-state index contributed by atoms with van der Waals surface area (Å²) in [5.41, 5.74) is 2.94. The normalized spacial score (nSPS) is 13.5. The minimum atomic E-state index is -4.42. The lowest BCUT2D eigenvalue weighted by atomic mass is 9.99. The minimum Gasteiger partial charge on any atom is -0.453 e. The summed E-state index contributed by atoms with van der Waals surface area (Å²) >= 11 is 1.52. The van der Waals surface area contributed by atoms with Gasteiger partial charge >= 0.3 is 16.4 Å². The number of allylic oxidation sites excluding steroid dienone is 1. The molecule has 4 N–H and O–H groups in total. The number of methoxy groups -OCH3 is 1. The largest absolute Gasteiger partial charge is 0.453 e. The van der Waals surface area contributed by atoms with Crippen molar-refractivity contribution in [1.82, 2.24) is 10.6 Å². The molecular formula is C29H32N4O6S2. The molecule has 3 aromatic rings. The van der Waals surface area contributed by atoms with E-state index in [1.54, 1.807) is 18.2 Å². The highest BCUT2D eigenvalue weighted by Gasteiger charge is 2.26. The zero-order valence-electron chi connectivity index (χ0n) is 22.6. The maximum absolute atomic E-state index is 13.6. The molecule has 0 bridgehead atoms. The van der Waals surface area contributed by atoms with Gasteiger partial charge in [0.15, 0.2) is 0 Å². The number of hydrogen-bond acceptors (Lipinski definition) is 7. The molecule has 0 aliphatic heterocycles. The molecule has 0 aliphatic rings. The van der Waals surface area contributed by atoms with Crippen LogP contribution in [-0.2, 0) is 32.7 Å². The molecule has 0 spiro atoms. The summed E-state index contributed by atoms with van der Waals surface area (Å²) in [6, 6.07) is 17.8. The molecule has 0 saturated carbocycles. The van der Waals surface area contributed by atoms with Gasteiger partial charge in [0, 0.05) is 6.42 Å². The summed E-state index contributed by atoms with van der Waals surface area (Å²) in [5, 5.41) is 7.56. The Bertz CT molecular complexity index is 1490. The van der Waals surface area contributed by atoms with Crippen LogP contribution in [0, 0.1) is 0 Å². The van der Waals surface area contributed by atoms with E-state index in [-0.39, 0.29) is 18.5 Å². The monoisotopic (exact) mass is 596 g/mol. The number of alkyl carbamates (subject to hydrolysis) is 1. The summed E-state index contributed by atoms with van der Waals surface area (Å²) in [5.74, 6) is -0.457. The first-order valence-electron chi connectivity index (χ1n) is 12.6. The second-order valence-corrected chi connectivity index (χ2v) is 10.9. The first-order chi connectivity index (χ1) is 19.6. The van der Waals surface area contributed by atoms with E-state index in [4.69, 9.17) is 14.3 Å². The second-order valence-electron chi connectivity index (χ2n) is 8.81. The van der Waals surface area contributed by atoms with Gasteiger partial charge in [-0.15, -0.1) is 11.3 Å². The summed E-state index contributed by atoms with van der Waals surface area (Å²) in [6.07, 6.45) is 3.17. The van der Waals surface area contributed by atoms with Crippen molar-refractivity contribution in [3.63, 3.8) is 0 Å². The highest BCUT2D eigenvalue weighted by Crippen LogP contribution is 2.22. The predicted octanol–water partition coefficient (Wildman–Crippen LogP) is 4.65. The average Bonchev–Trinajstić information content (AvgIpc) is 3.48. The Labute approximate surface area is 243 Å². The van der Waals surface area contributed by atoms with Crippen LogP contribution in [0.15, 0.2) is 95.8 Å². The van der Waals surface area contributed by atoms with Crippen LogP contribution in [0.25, 0.3) is 5.70 Å². The zero-order chi connectivity index (χ0) is 29.8. The highest BCUT2D eigenvalue weighted by atomic mass is 32.2. The van der Waals surface area contributed by atoms with E-state index >= 15 is 0 Å². The Kier molecular flexibility index (Phi) is 11.4. The van der Waals surface area contributed by atoms with E-state index in [1.165, 1.54) is 30.6 Å². The van der Waals surface area contributed by atoms with Gasteiger partial charge in [-0.05, 0) is 54.1 Å². The summed E-state index contributed by atoms with van der Waals surface area (Å²) in [6.45, 7) is 5.79. The molecule has 0 aliphatic carbocycles. The Balaban J connectivity index is 1.95. The van der Waals surface area contributed by atoms with E-state index < -0.39 is 34.4 Å². The maximum Gasteiger partial charge on any atom is 0.407 e. The van der Waals surface area contributed by atoms with E-state index in [9.17, 15) is 18.0 Å². The van der Waals surface area contributed by atoms with Crippen LogP contribution >= 0.6 is 11.3 Å². The number of hydrogen-bond donors (Lipinski definition) is 4. The van der Waals surface area contributed by atoms with Crippen LogP contribution < -0.4 is 15.4 Å². The van der Waals surface area contributed by atoms with Crippen LogP contribution in [0.2, 0.25) is 0 Å². The number of carbonyl (C=O) groups is 2. The fourth-order valence-electron chi connectivity index (χ4n) is 3.95. The standard InChI is InChI=1S/C29H32N4O6S2/c1-4-23(30-24(5-2)27-12-9-17-40-27)25(18-21-13-15-22(16-14-21)33-41(36,37)38)31-28(34)26(32-29(35)39-3)19-20-10-7-6-8-11-20/h4-17,25-26,33H,1,18-19H2,2-3H3,(H,31,34)(H,32,35)(H,36,37,38)/b24-5-,30-23?/t25-,26-/m0/s1. The van der Waals surface area contributed by atoms with Gasteiger partial charge in [-0.2, -0.15) is 8.42 Å². The lowest BCUT2D eigenvalue weighted by molar-refractivity contribution is -0.123. The van der Waals surface area contributed by atoms with Crippen molar-refractivity contribution in [2.24, 2.45) is 4.99 Å². The van der Waals surface area contributed by atoms with Crippen LogP contribution in [0.4, 0.5) is 10.5 Å². The molecule has 0 unspecified atom stereocenters. The number of carbonyl (C=O) groups excluding carboxylic acids is 2. The molecule has 10 nitrogen and oxygen atoms in total. The first-order valence-corrected chi connectivity index (χ1v) is 14.9. The minimum absolute atomic E-state index is 0.175. The first kappa shape index (κ1) is 31.3. The SMILES string of the molecule is C=CC(=N/C(=C\C)c1cccs1)[C@H](Cc1ccc(NS(=O)(=O)O)cc1)NC(=O)[C@H](Cc1ccccc1)NC(=O)OC. The number of amides is 2. The van der Waals surface area contributed by atoms with Crippen LogP contribution in [0.3, 0.4) is 0 Å². The number of rotatable bonds is 13. The van der Waals surface area contributed by atoms with Crippen LogP contribution in [0.5, 0.6) is 0 Å². The molecule has 0 saturated heterocycles. The average molecular weight is 597 g/mol. The van der Waals surface area contributed by atoms with Gasteiger partial charge < -0.3 is 15.4 Å². The van der Waals surface area contributed by atoms with E-state index in [0.717, 1.165) is 16.0 Å². The van der Waals surface area contributed by atoms with Crippen LogP contribution in [-0.4, -0.2) is 49.9 Å². The van der Waals surface area contributed by atoms with Crippen molar-refractivity contribution in [3.05, 3.63) is 107 Å². The van der Waals surface area contributed by atoms with Gasteiger partial charge in [0.2, 0.25) is 5.91 Å². The fraction of sp³-hybridized carbons (Fsp3) is 0.207. The number of thiophene rings is 1. The molecule has 2 atom stereocenters. The van der Waals surface area contributed by atoms with E-state index in [0.29, 0.717) is 11.4 Å². The van der Waals surface area contributed by atoms with Gasteiger partial charge in [0.1, 0.15) is 6.04 Å². The Hall–Kier alpha value is -4.26. The fourth-order valence-corrected chi connectivity index (χ4v) is 5.13. The molecule has 0 fully saturated rings. The molecule has 3 rings (SSSR count). The second kappa shape index (κ2) is 14.9. The Morgan fingerprint density at radius 3 is 2.22 bits per heavy atom. The Morgan fingerprint density at radius 1 is 1.00 bits per heavy atom. The quantitative estimate of drug-likeness (QED) is 0.167. The van der Waals surface area contributed by atoms with E-state index in [1.807, 2.05) is 65.6 Å². The van der Waals surface area contributed by atoms with Crippen molar-refractivity contribution in [1.29, 1.82) is 0 Å². The van der Waals surface area contributed by atoms with Crippen molar-refractivity contribution >= 4 is 50.7 Å². The third kappa shape index (κ3) is 10.0. The molecular weight excluding hydrogens is 564 g/mol. The molecule has 41 heavy (non-hydrogen) atoms. The summed E-state index contributed by atoms with van der Waals surface area (Å²) in [4.78, 5) is 31.5. The number of aliphatic imine (C=N–C) groups is 1. The maximum atomic E-state index is 13.6. The number of nitrogens with one attached hydrogen (secondary N) is 3. The van der Waals surface area contributed by atoms with Crippen molar-refractivity contribution in [2.75, 3.05) is 11.8 Å². The van der Waals surface area contributed by atoms with Gasteiger partial charge in [-0.3, -0.25) is 19.1 Å². The molecule has 0 radical (unpaired) electrons. The molecule has 2 aromatic carbocycles. The topological polar surface area (TPSA) is 146 Å². The third-order valence-electron chi connectivity index (χ3n) is 5.90. The predicted molar refractivity (Wildman–Crippen MR) is 162 cm³/mol. The summed E-state index contributed by atoms with van der Waals surface area (Å²) in [7, 11) is -3.20. The van der Waals surface area contributed by atoms with Gasteiger partial charge in [0.05, 0.1) is 35.1 Å². The molecule has 12 heteroatoms. The number of benzene rings is 2. The molecule has 2 amide bonds. The zero-order valence-corrected chi connectivity index (χ0v) is 24.2. The third-order valence-corrected chi connectivity index (χ3v) is 7.28. The van der Waals surface area contributed by atoms with Crippen molar-refractivity contribution < 1.29 is 27.3 Å². The molecule has 1 aromatic heterocycles.